The van der Waals surface area contributed by atoms with E-state index in [4.69, 9.17) is 14.2 Å². The molecule has 2 fully saturated rings. The van der Waals surface area contributed by atoms with Gasteiger partial charge in [0.1, 0.15) is 18.2 Å². The van der Waals surface area contributed by atoms with Gasteiger partial charge in [0.25, 0.3) is 5.56 Å². The zero-order valence-electron chi connectivity index (χ0n) is 23.2. The monoisotopic (exact) mass is 555 g/mol. The molecule has 2 aliphatic rings. The summed E-state index contributed by atoms with van der Waals surface area (Å²) in [5.41, 5.74) is 4.21. The van der Waals surface area contributed by atoms with Crippen LogP contribution in [0.1, 0.15) is 42.7 Å². The Hall–Kier alpha value is -3.97. The van der Waals surface area contributed by atoms with Gasteiger partial charge in [-0.25, -0.2) is 4.39 Å². The van der Waals surface area contributed by atoms with Crippen LogP contribution in [0, 0.1) is 17.7 Å². The SMILES string of the molecule is COC(=O)C1CC(Cn2c(=O)c(C3CCOCC3)c(-c3ccc(F)cc3)c3ccc(OCc4ccccc4)cc32)C1. The fourth-order valence-corrected chi connectivity index (χ4v) is 6.26. The van der Waals surface area contributed by atoms with Gasteiger partial charge in [0.2, 0.25) is 0 Å². The van der Waals surface area contributed by atoms with Crippen LogP contribution in [-0.4, -0.2) is 30.9 Å². The molecule has 1 aromatic heterocycles. The third kappa shape index (κ3) is 5.64. The summed E-state index contributed by atoms with van der Waals surface area (Å²) in [4.78, 5) is 26.5. The number of fused-ring (bicyclic) bond motifs is 1. The van der Waals surface area contributed by atoms with Gasteiger partial charge in [0.05, 0.1) is 18.5 Å². The molecule has 6 rings (SSSR count). The van der Waals surface area contributed by atoms with Gasteiger partial charge in [-0.3, -0.25) is 9.59 Å². The Kier molecular flexibility index (Phi) is 7.88. The summed E-state index contributed by atoms with van der Waals surface area (Å²) in [6.07, 6.45) is 2.89. The van der Waals surface area contributed by atoms with Crippen LogP contribution in [-0.2, 0) is 27.4 Å². The number of halogens is 1. The molecule has 0 N–H and O–H groups in total. The molecule has 212 valence electrons. The van der Waals surface area contributed by atoms with Crippen molar-refractivity contribution < 1.29 is 23.4 Å². The zero-order chi connectivity index (χ0) is 28.3. The Morgan fingerprint density at radius 2 is 1.73 bits per heavy atom. The van der Waals surface area contributed by atoms with E-state index in [-0.39, 0.29) is 35.1 Å². The average molecular weight is 556 g/mol. The highest BCUT2D eigenvalue weighted by Crippen LogP contribution is 2.40. The quantitative estimate of drug-likeness (QED) is 0.233. The minimum absolute atomic E-state index is 0.0326. The lowest BCUT2D eigenvalue weighted by Crippen LogP contribution is -2.37. The fraction of sp³-hybridized carbons (Fsp3) is 0.353. The number of carbonyl (C=O) groups is 1. The highest BCUT2D eigenvalue weighted by Gasteiger charge is 2.36. The number of carbonyl (C=O) groups excluding carboxylic acids is 1. The number of esters is 1. The number of benzene rings is 3. The number of pyridine rings is 1. The lowest BCUT2D eigenvalue weighted by molar-refractivity contribution is -0.150. The number of aromatic nitrogens is 1. The molecular weight excluding hydrogens is 521 g/mol. The predicted molar refractivity (Wildman–Crippen MR) is 155 cm³/mol. The van der Waals surface area contributed by atoms with Gasteiger partial charge in [-0.2, -0.15) is 0 Å². The summed E-state index contributed by atoms with van der Waals surface area (Å²) in [6.45, 7) is 2.11. The summed E-state index contributed by atoms with van der Waals surface area (Å²) in [5, 5.41) is 0.925. The molecule has 1 aliphatic carbocycles. The van der Waals surface area contributed by atoms with Gasteiger partial charge >= 0.3 is 5.97 Å². The first kappa shape index (κ1) is 27.2. The Morgan fingerprint density at radius 1 is 1.00 bits per heavy atom. The van der Waals surface area contributed by atoms with Crippen molar-refractivity contribution in [3.63, 3.8) is 0 Å². The molecule has 0 spiro atoms. The van der Waals surface area contributed by atoms with Crippen LogP contribution in [0.2, 0.25) is 0 Å². The Morgan fingerprint density at radius 3 is 2.44 bits per heavy atom. The van der Waals surface area contributed by atoms with Crippen molar-refractivity contribution in [2.45, 2.75) is 44.8 Å². The van der Waals surface area contributed by atoms with Crippen LogP contribution in [0.3, 0.4) is 0 Å². The minimum Gasteiger partial charge on any atom is -0.489 e. The average Bonchev–Trinajstić information content (AvgIpc) is 2.99. The summed E-state index contributed by atoms with van der Waals surface area (Å²) in [5.74, 6) is 0.258. The molecule has 6 nitrogen and oxygen atoms in total. The van der Waals surface area contributed by atoms with Crippen molar-refractivity contribution in [2.75, 3.05) is 20.3 Å². The lowest BCUT2D eigenvalue weighted by Gasteiger charge is -2.34. The third-order valence-corrected chi connectivity index (χ3v) is 8.50. The van der Waals surface area contributed by atoms with Crippen molar-refractivity contribution in [3.05, 3.63) is 100 Å². The molecule has 1 aliphatic heterocycles. The number of rotatable bonds is 8. The highest BCUT2D eigenvalue weighted by molar-refractivity contribution is 5.97. The number of hydrogen-bond acceptors (Lipinski definition) is 5. The van der Waals surface area contributed by atoms with Gasteiger partial charge in [-0.1, -0.05) is 42.5 Å². The third-order valence-electron chi connectivity index (χ3n) is 8.50. The van der Waals surface area contributed by atoms with Crippen molar-refractivity contribution >= 4 is 16.9 Å². The van der Waals surface area contributed by atoms with Gasteiger partial charge in [-0.05, 0) is 78.5 Å². The summed E-state index contributed by atoms with van der Waals surface area (Å²) in [7, 11) is 1.42. The largest absolute Gasteiger partial charge is 0.489 e. The van der Waals surface area contributed by atoms with E-state index in [0.29, 0.717) is 45.0 Å². The Bertz CT molecular complexity index is 1590. The van der Waals surface area contributed by atoms with Crippen LogP contribution < -0.4 is 10.3 Å². The minimum atomic E-state index is -0.319. The van der Waals surface area contributed by atoms with Gasteiger partial charge < -0.3 is 18.8 Å². The predicted octanol–water partition coefficient (Wildman–Crippen LogP) is 6.48. The molecule has 0 atom stereocenters. The molecule has 3 aromatic carbocycles. The maximum Gasteiger partial charge on any atom is 0.308 e. The molecule has 0 amide bonds. The maximum atomic E-state index is 14.5. The van der Waals surface area contributed by atoms with Crippen LogP contribution in [0.15, 0.2) is 77.6 Å². The number of hydrogen-bond donors (Lipinski definition) is 0. The molecule has 0 unspecified atom stereocenters. The maximum absolute atomic E-state index is 14.5. The van der Waals surface area contributed by atoms with Crippen LogP contribution >= 0.6 is 0 Å². The molecule has 0 radical (unpaired) electrons. The normalized spacial score (nSPS) is 19.1. The zero-order valence-corrected chi connectivity index (χ0v) is 23.2. The molecule has 0 bridgehead atoms. The molecule has 7 heteroatoms. The van der Waals surface area contributed by atoms with E-state index in [0.717, 1.165) is 46.0 Å². The Balaban J connectivity index is 1.48. The van der Waals surface area contributed by atoms with Crippen molar-refractivity contribution in [3.8, 4) is 16.9 Å². The van der Waals surface area contributed by atoms with Crippen LogP contribution in [0.4, 0.5) is 4.39 Å². The van der Waals surface area contributed by atoms with Crippen LogP contribution in [0.25, 0.3) is 22.0 Å². The fourth-order valence-electron chi connectivity index (χ4n) is 6.26. The standard InChI is InChI=1S/C34H34FNO5/c1-39-34(38)26-17-23(18-26)20-36-30-19-28(41-21-22-5-3-2-4-6-22)11-12-29(30)31(24-7-9-27(35)10-8-24)32(33(36)37)25-13-15-40-16-14-25/h2-12,19,23,25-26H,13-18,20-21H2,1H3. The van der Waals surface area contributed by atoms with Crippen LogP contribution in [0.5, 0.6) is 5.75 Å². The van der Waals surface area contributed by atoms with Gasteiger partial charge in [0.15, 0.2) is 0 Å². The summed E-state index contributed by atoms with van der Waals surface area (Å²) in [6, 6.07) is 22.2. The number of methoxy groups -OCH3 is 1. The molecule has 1 saturated heterocycles. The topological polar surface area (TPSA) is 66.8 Å². The first-order chi connectivity index (χ1) is 20.0. The highest BCUT2D eigenvalue weighted by atomic mass is 19.1. The van der Waals surface area contributed by atoms with Gasteiger partial charge in [-0.15, -0.1) is 0 Å². The van der Waals surface area contributed by atoms with Crippen molar-refractivity contribution in [2.24, 2.45) is 11.8 Å². The number of nitrogens with zero attached hydrogens (tertiary/aromatic N) is 1. The Labute approximate surface area is 238 Å². The van der Waals surface area contributed by atoms with Crippen molar-refractivity contribution in [1.29, 1.82) is 0 Å². The van der Waals surface area contributed by atoms with E-state index in [1.807, 2.05) is 53.1 Å². The lowest BCUT2D eigenvalue weighted by atomic mass is 9.74. The molecule has 2 heterocycles. The van der Waals surface area contributed by atoms with E-state index in [9.17, 15) is 14.0 Å². The molecular formula is C34H34FNO5. The summed E-state index contributed by atoms with van der Waals surface area (Å²) < 4.78 is 32.6. The number of ether oxygens (including phenoxy) is 3. The second-order valence-corrected chi connectivity index (χ2v) is 11.1. The smallest absolute Gasteiger partial charge is 0.308 e. The van der Waals surface area contributed by atoms with E-state index in [1.54, 1.807) is 12.1 Å². The van der Waals surface area contributed by atoms with E-state index >= 15 is 0 Å². The molecule has 41 heavy (non-hydrogen) atoms. The van der Waals surface area contributed by atoms with E-state index < -0.39 is 0 Å². The second kappa shape index (κ2) is 11.9. The first-order valence-corrected chi connectivity index (χ1v) is 14.3. The second-order valence-electron chi connectivity index (χ2n) is 11.1. The van der Waals surface area contributed by atoms with E-state index in [2.05, 4.69) is 0 Å². The molecule has 4 aromatic rings. The van der Waals surface area contributed by atoms with Gasteiger partial charge in [0, 0.05) is 36.8 Å². The molecule has 1 saturated carbocycles. The summed E-state index contributed by atoms with van der Waals surface area (Å²) >= 11 is 0. The first-order valence-electron chi connectivity index (χ1n) is 14.3. The van der Waals surface area contributed by atoms with Crippen molar-refractivity contribution in [1.82, 2.24) is 4.57 Å². The van der Waals surface area contributed by atoms with E-state index in [1.165, 1.54) is 19.2 Å².